The number of aromatic nitrogens is 4. The monoisotopic (exact) mass is 419 g/mol. The third kappa shape index (κ3) is 4.36. The molecule has 0 saturated carbocycles. The molecule has 1 amide bonds. The standard InChI is InChI=1S/C24H29N5O2/c1-15-13-25-11-10-19(15)21-14-26-18(4)27-24(21)22-7-5-6-12-29(22)23(30)9-8-20-16(2)28-31-17(20)3/h10-11,13-14,22H,5-9,12H2,1-4H3. The highest BCUT2D eigenvalue weighted by Crippen LogP contribution is 2.37. The zero-order chi connectivity index (χ0) is 22.0. The van der Waals surface area contributed by atoms with Crippen LogP contribution in [0.5, 0.6) is 0 Å². The molecule has 0 N–H and O–H groups in total. The summed E-state index contributed by atoms with van der Waals surface area (Å²) in [5.41, 5.74) is 5.96. The van der Waals surface area contributed by atoms with Crippen LogP contribution >= 0.6 is 0 Å². The van der Waals surface area contributed by atoms with Crippen molar-refractivity contribution < 1.29 is 9.32 Å². The van der Waals surface area contributed by atoms with Crippen LogP contribution in [0.4, 0.5) is 0 Å². The Morgan fingerprint density at radius 1 is 1.16 bits per heavy atom. The van der Waals surface area contributed by atoms with Gasteiger partial charge in [0.2, 0.25) is 5.91 Å². The predicted octanol–water partition coefficient (Wildman–Crippen LogP) is 4.45. The molecular weight excluding hydrogens is 390 g/mol. The van der Waals surface area contributed by atoms with E-state index in [9.17, 15) is 4.79 Å². The summed E-state index contributed by atoms with van der Waals surface area (Å²) in [6, 6.07) is 1.95. The summed E-state index contributed by atoms with van der Waals surface area (Å²) in [4.78, 5) is 28.9. The van der Waals surface area contributed by atoms with E-state index in [1.54, 1.807) is 6.20 Å². The second kappa shape index (κ2) is 8.96. The third-order valence-electron chi connectivity index (χ3n) is 6.16. The fraction of sp³-hybridized carbons (Fsp3) is 0.458. The van der Waals surface area contributed by atoms with Gasteiger partial charge in [0, 0.05) is 42.7 Å². The van der Waals surface area contributed by atoms with Gasteiger partial charge in [-0.25, -0.2) is 9.97 Å². The fourth-order valence-corrected chi connectivity index (χ4v) is 4.47. The zero-order valence-corrected chi connectivity index (χ0v) is 18.7. The van der Waals surface area contributed by atoms with Gasteiger partial charge in [0.1, 0.15) is 11.6 Å². The fourth-order valence-electron chi connectivity index (χ4n) is 4.47. The number of likely N-dealkylation sites (tertiary alicyclic amines) is 1. The molecular formula is C24H29N5O2. The van der Waals surface area contributed by atoms with Crippen LogP contribution in [0, 0.1) is 27.7 Å². The van der Waals surface area contributed by atoms with Gasteiger partial charge in [-0.2, -0.15) is 0 Å². The van der Waals surface area contributed by atoms with E-state index in [1.165, 1.54) is 0 Å². The molecule has 7 nitrogen and oxygen atoms in total. The van der Waals surface area contributed by atoms with Crippen LogP contribution in [0.1, 0.15) is 65.8 Å². The molecule has 0 radical (unpaired) electrons. The first kappa shape index (κ1) is 21.2. The molecule has 3 aromatic heterocycles. The summed E-state index contributed by atoms with van der Waals surface area (Å²) in [6.07, 6.45) is 9.62. The molecule has 1 aliphatic rings. The van der Waals surface area contributed by atoms with Gasteiger partial charge in [-0.05, 0) is 70.6 Å². The van der Waals surface area contributed by atoms with E-state index >= 15 is 0 Å². The van der Waals surface area contributed by atoms with Crippen LogP contribution < -0.4 is 0 Å². The molecule has 162 valence electrons. The van der Waals surface area contributed by atoms with Gasteiger partial charge in [-0.3, -0.25) is 9.78 Å². The molecule has 1 saturated heterocycles. The van der Waals surface area contributed by atoms with Gasteiger partial charge >= 0.3 is 0 Å². The second-order valence-corrected chi connectivity index (χ2v) is 8.31. The first-order valence-corrected chi connectivity index (χ1v) is 10.9. The minimum absolute atomic E-state index is 0.0461. The highest BCUT2D eigenvalue weighted by Gasteiger charge is 2.31. The molecule has 0 aliphatic carbocycles. The number of hydrogen-bond acceptors (Lipinski definition) is 6. The average Bonchev–Trinajstić information content (AvgIpc) is 3.10. The van der Waals surface area contributed by atoms with E-state index in [0.29, 0.717) is 12.8 Å². The first-order valence-electron chi connectivity index (χ1n) is 10.9. The molecule has 31 heavy (non-hydrogen) atoms. The quantitative estimate of drug-likeness (QED) is 0.607. The topological polar surface area (TPSA) is 85.0 Å². The Morgan fingerprint density at radius 2 is 2.00 bits per heavy atom. The Labute approximate surface area is 182 Å². The number of nitrogens with zero attached hydrogens (tertiary/aromatic N) is 5. The maximum Gasteiger partial charge on any atom is 0.223 e. The summed E-state index contributed by atoms with van der Waals surface area (Å²) in [5.74, 6) is 1.67. The Balaban J connectivity index is 1.64. The summed E-state index contributed by atoms with van der Waals surface area (Å²) in [5, 5.41) is 4.01. The van der Waals surface area contributed by atoms with Crippen molar-refractivity contribution >= 4 is 5.91 Å². The Hall–Kier alpha value is -3.09. The number of pyridine rings is 1. The summed E-state index contributed by atoms with van der Waals surface area (Å²) >= 11 is 0. The SMILES string of the molecule is Cc1ncc(-c2ccncc2C)c(C2CCCCN2C(=O)CCc2c(C)noc2C)n1. The van der Waals surface area contributed by atoms with Crippen LogP contribution in [0.15, 0.2) is 29.2 Å². The van der Waals surface area contributed by atoms with Crippen LogP contribution in [0.3, 0.4) is 0 Å². The second-order valence-electron chi connectivity index (χ2n) is 8.31. The van der Waals surface area contributed by atoms with Gasteiger partial charge in [0.05, 0.1) is 17.4 Å². The lowest BCUT2D eigenvalue weighted by atomic mass is 9.92. The molecule has 1 aliphatic heterocycles. The molecule has 4 heterocycles. The summed E-state index contributed by atoms with van der Waals surface area (Å²) in [6.45, 7) is 8.52. The Kier molecular flexibility index (Phi) is 6.11. The first-order chi connectivity index (χ1) is 15.0. The summed E-state index contributed by atoms with van der Waals surface area (Å²) < 4.78 is 5.26. The molecule has 0 spiro atoms. The Bertz CT molecular complexity index is 1070. The van der Waals surface area contributed by atoms with Crippen LogP contribution in [0.2, 0.25) is 0 Å². The van der Waals surface area contributed by atoms with Crippen LogP contribution in [-0.4, -0.2) is 37.5 Å². The van der Waals surface area contributed by atoms with Crippen molar-refractivity contribution in [3.05, 3.63) is 58.8 Å². The molecule has 1 unspecified atom stereocenters. The molecule has 0 aromatic carbocycles. The van der Waals surface area contributed by atoms with E-state index in [1.807, 2.05) is 51.1 Å². The number of hydrogen-bond donors (Lipinski definition) is 0. The highest BCUT2D eigenvalue weighted by molar-refractivity contribution is 5.78. The minimum Gasteiger partial charge on any atom is -0.361 e. The average molecular weight is 420 g/mol. The van der Waals surface area contributed by atoms with Gasteiger partial charge in [0.25, 0.3) is 0 Å². The van der Waals surface area contributed by atoms with Gasteiger partial charge in [-0.1, -0.05) is 5.16 Å². The van der Waals surface area contributed by atoms with E-state index in [-0.39, 0.29) is 11.9 Å². The largest absolute Gasteiger partial charge is 0.361 e. The van der Waals surface area contributed by atoms with Crippen LogP contribution in [0.25, 0.3) is 11.1 Å². The van der Waals surface area contributed by atoms with Crippen molar-refractivity contribution in [1.29, 1.82) is 0 Å². The number of amides is 1. The molecule has 4 rings (SSSR count). The maximum atomic E-state index is 13.3. The number of aryl methyl sites for hydroxylation is 4. The highest BCUT2D eigenvalue weighted by atomic mass is 16.5. The van der Waals surface area contributed by atoms with Crippen molar-refractivity contribution in [2.75, 3.05) is 6.54 Å². The smallest absolute Gasteiger partial charge is 0.223 e. The molecule has 3 aromatic rings. The van der Waals surface area contributed by atoms with Crippen molar-refractivity contribution in [1.82, 2.24) is 25.0 Å². The number of rotatable bonds is 5. The van der Waals surface area contributed by atoms with E-state index < -0.39 is 0 Å². The van der Waals surface area contributed by atoms with Crippen molar-refractivity contribution in [2.45, 2.75) is 65.8 Å². The number of carbonyl (C=O) groups is 1. The van der Waals surface area contributed by atoms with E-state index in [4.69, 9.17) is 9.51 Å². The van der Waals surface area contributed by atoms with Gasteiger partial charge in [-0.15, -0.1) is 0 Å². The molecule has 1 fully saturated rings. The third-order valence-corrected chi connectivity index (χ3v) is 6.16. The number of carbonyl (C=O) groups excluding carboxylic acids is 1. The van der Waals surface area contributed by atoms with Gasteiger partial charge in [0.15, 0.2) is 0 Å². The molecule has 0 bridgehead atoms. The van der Waals surface area contributed by atoms with Crippen molar-refractivity contribution in [3.63, 3.8) is 0 Å². The zero-order valence-electron chi connectivity index (χ0n) is 18.7. The van der Waals surface area contributed by atoms with Gasteiger partial charge < -0.3 is 9.42 Å². The van der Waals surface area contributed by atoms with Crippen molar-refractivity contribution in [2.24, 2.45) is 0 Å². The number of piperidine rings is 1. The molecule has 7 heteroatoms. The minimum atomic E-state index is -0.0461. The van der Waals surface area contributed by atoms with Crippen molar-refractivity contribution in [3.8, 4) is 11.1 Å². The van der Waals surface area contributed by atoms with E-state index in [2.05, 4.69) is 15.1 Å². The molecule has 1 atom stereocenters. The lowest BCUT2D eigenvalue weighted by Crippen LogP contribution is -2.39. The van der Waals surface area contributed by atoms with E-state index in [0.717, 1.165) is 71.0 Å². The Morgan fingerprint density at radius 3 is 2.74 bits per heavy atom. The normalized spacial score (nSPS) is 16.5. The van der Waals surface area contributed by atoms with Crippen LogP contribution in [-0.2, 0) is 11.2 Å². The lowest BCUT2D eigenvalue weighted by molar-refractivity contribution is -0.135. The summed E-state index contributed by atoms with van der Waals surface area (Å²) in [7, 11) is 0. The lowest BCUT2D eigenvalue weighted by Gasteiger charge is -2.36. The maximum absolute atomic E-state index is 13.3. The predicted molar refractivity (Wildman–Crippen MR) is 117 cm³/mol.